The largest absolute Gasteiger partial charge is 0.493 e. The van der Waals surface area contributed by atoms with Crippen LogP contribution in [0.3, 0.4) is 0 Å². The zero-order valence-corrected chi connectivity index (χ0v) is 18.9. The highest BCUT2D eigenvalue weighted by atomic mass is 32.2. The van der Waals surface area contributed by atoms with Crippen molar-refractivity contribution in [3.63, 3.8) is 0 Å². The maximum absolute atomic E-state index is 12.8. The summed E-state index contributed by atoms with van der Waals surface area (Å²) in [6.07, 6.45) is 1.64. The van der Waals surface area contributed by atoms with E-state index >= 15 is 0 Å². The van der Waals surface area contributed by atoms with E-state index < -0.39 is 0 Å². The summed E-state index contributed by atoms with van der Waals surface area (Å²) in [6.45, 7) is 7.10. The third-order valence-corrected chi connectivity index (χ3v) is 8.14. The standard InChI is InChI=1S/C16H17N3O3S5/c1-4-17-11(20)8(7-9-12(21)18(5-2)15(23)26-9)25-14(17)10-13(22)19(6-3)16(24)27-10/h7,21H,4-6H2,1-3H3/b8-7-,14-10+. The minimum Gasteiger partial charge on any atom is -0.493 e. The van der Waals surface area contributed by atoms with E-state index in [4.69, 9.17) is 24.4 Å². The van der Waals surface area contributed by atoms with Gasteiger partial charge in [-0.1, -0.05) is 24.0 Å². The van der Waals surface area contributed by atoms with Crippen molar-refractivity contribution in [3.8, 4) is 5.88 Å². The Labute approximate surface area is 178 Å². The van der Waals surface area contributed by atoms with E-state index in [1.807, 2.05) is 20.8 Å². The lowest BCUT2D eigenvalue weighted by atomic mass is 10.4. The van der Waals surface area contributed by atoms with Gasteiger partial charge in [-0.15, -0.1) is 22.7 Å². The highest BCUT2D eigenvalue weighted by Gasteiger charge is 2.32. The molecule has 0 spiro atoms. The molecule has 6 nitrogen and oxygen atoms in total. The monoisotopic (exact) mass is 459 g/mol. The lowest BCUT2D eigenvalue weighted by Crippen LogP contribution is -2.33. The Bertz CT molecular complexity index is 1170. The minimum absolute atomic E-state index is 0.0576. The van der Waals surface area contributed by atoms with E-state index in [2.05, 4.69) is 0 Å². The van der Waals surface area contributed by atoms with Crippen molar-refractivity contribution < 1.29 is 9.90 Å². The van der Waals surface area contributed by atoms with Gasteiger partial charge in [-0.2, -0.15) is 0 Å². The van der Waals surface area contributed by atoms with Crippen LogP contribution >= 0.6 is 58.9 Å². The first-order chi connectivity index (χ1) is 12.8. The Morgan fingerprint density at radius 2 is 1.70 bits per heavy atom. The number of carbonyl (C=O) groups excluding carboxylic acids is 1. The highest BCUT2D eigenvalue weighted by Crippen LogP contribution is 2.31. The molecule has 1 aliphatic rings. The molecule has 3 heterocycles. The zero-order valence-electron chi connectivity index (χ0n) is 14.8. The van der Waals surface area contributed by atoms with Crippen molar-refractivity contribution in [2.45, 2.75) is 33.9 Å². The number of nitrogens with zero attached hydrogens (tertiary/aromatic N) is 3. The molecule has 1 aliphatic heterocycles. The second kappa shape index (κ2) is 8.00. The van der Waals surface area contributed by atoms with Crippen molar-refractivity contribution in [1.29, 1.82) is 0 Å². The Balaban J connectivity index is 2.27. The third-order valence-electron chi connectivity index (χ3n) is 4.06. The molecule has 0 aliphatic carbocycles. The van der Waals surface area contributed by atoms with Crippen LogP contribution in [0.2, 0.25) is 0 Å². The topological polar surface area (TPSA) is 67.5 Å². The average molecular weight is 460 g/mol. The van der Waals surface area contributed by atoms with Crippen molar-refractivity contribution in [1.82, 2.24) is 14.0 Å². The summed E-state index contributed by atoms with van der Waals surface area (Å²) in [5.74, 6) is -0.111. The fourth-order valence-electron chi connectivity index (χ4n) is 2.68. The van der Waals surface area contributed by atoms with E-state index in [9.17, 15) is 14.7 Å². The third kappa shape index (κ3) is 3.46. The van der Waals surface area contributed by atoms with Gasteiger partial charge in [0.2, 0.25) is 5.88 Å². The number of aromatic hydroxyl groups is 1. The van der Waals surface area contributed by atoms with Gasteiger partial charge in [-0.3, -0.25) is 23.6 Å². The zero-order chi connectivity index (χ0) is 19.9. The Hall–Kier alpha value is -1.27. The molecule has 2 aromatic rings. The molecule has 0 unspecified atom stereocenters. The molecule has 2 aromatic heterocycles. The van der Waals surface area contributed by atoms with Crippen LogP contribution in [0.25, 0.3) is 11.0 Å². The van der Waals surface area contributed by atoms with Crippen LogP contribution in [0.5, 0.6) is 5.88 Å². The summed E-state index contributed by atoms with van der Waals surface area (Å²) in [5, 5.41) is 10.3. The normalized spacial score (nSPS) is 17.4. The first-order valence-electron chi connectivity index (χ1n) is 8.25. The van der Waals surface area contributed by atoms with Gasteiger partial charge in [0.1, 0.15) is 13.9 Å². The van der Waals surface area contributed by atoms with E-state index in [0.717, 1.165) is 0 Å². The second-order valence-electron chi connectivity index (χ2n) is 5.51. The summed E-state index contributed by atoms with van der Waals surface area (Å²) >= 11 is 14.2. The molecule has 0 saturated carbocycles. The van der Waals surface area contributed by atoms with Gasteiger partial charge in [0, 0.05) is 19.6 Å². The molecule has 3 rings (SSSR count). The molecule has 11 heteroatoms. The van der Waals surface area contributed by atoms with E-state index in [1.54, 1.807) is 15.2 Å². The SMILES string of the molecule is CCN1C(=O)/C(=c2\s/c(=C\c3sc(=S)n(CC)c3O)c(=O)n2CC)SC1=S. The number of rotatable bonds is 4. The maximum Gasteiger partial charge on any atom is 0.269 e. The molecule has 144 valence electrons. The van der Waals surface area contributed by atoms with Crippen LogP contribution < -0.4 is 14.8 Å². The highest BCUT2D eigenvalue weighted by molar-refractivity contribution is 8.30. The lowest BCUT2D eigenvalue weighted by Gasteiger charge is -2.09. The van der Waals surface area contributed by atoms with Crippen LogP contribution in [0.1, 0.15) is 25.6 Å². The minimum atomic E-state index is -0.193. The molecule has 1 fully saturated rings. The smallest absolute Gasteiger partial charge is 0.269 e. The van der Waals surface area contributed by atoms with Crippen molar-refractivity contribution in [3.05, 3.63) is 28.4 Å². The summed E-state index contributed by atoms with van der Waals surface area (Å²) in [5.41, 5.74) is -0.193. The summed E-state index contributed by atoms with van der Waals surface area (Å²) in [6, 6.07) is 0. The molecule has 27 heavy (non-hydrogen) atoms. The lowest BCUT2D eigenvalue weighted by molar-refractivity contribution is -0.120. The molecular formula is C16H17N3O3S5. The number of hydrogen-bond donors (Lipinski definition) is 1. The predicted octanol–water partition coefficient (Wildman–Crippen LogP) is 2.06. The second-order valence-corrected chi connectivity index (χ2v) is 9.86. The Morgan fingerprint density at radius 3 is 2.22 bits per heavy atom. The molecule has 0 atom stereocenters. The van der Waals surface area contributed by atoms with E-state index in [1.165, 1.54) is 39.3 Å². The number of thioether (sulfide) groups is 1. The first-order valence-corrected chi connectivity index (χ1v) is 11.5. The van der Waals surface area contributed by atoms with Gasteiger partial charge in [0.25, 0.3) is 11.5 Å². The van der Waals surface area contributed by atoms with Crippen LogP contribution in [0, 0.1) is 3.95 Å². The first kappa shape index (κ1) is 20.5. The molecular weight excluding hydrogens is 443 g/mol. The number of aromatic nitrogens is 2. The number of thiazole rings is 2. The maximum atomic E-state index is 12.8. The predicted molar refractivity (Wildman–Crippen MR) is 119 cm³/mol. The summed E-state index contributed by atoms with van der Waals surface area (Å²) in [4.78, 5) is 28.0. The van der Waals surface area contributed by atoms with E-state index in [-0.39, 0.29) is 17.3 Å². The molecule has 0 bridgehead atoms. The Morgan fingerprint density at radius 1 is 1.04 bits per heavy atom. The fourth-order valence-corrected chi connectivity index (χ4v) is 6.82. The molecule has 1 amide bonds. The summed E-state index contributed by atoms with van der Waals surface area (Å²) in [7, 11) is 0. The number of hydrogen-bond acceptors (Lipinski definition) is 8. The van der Waals surface area contributed by atoms with Crippen molar-refractivity contribution in [2.24, 2.45) is 0 Å². The van der Waals surface area contributed by atoms with Gasteiger partial charge < -0.3 is 5.11 Å². The number of thiocarbonyl (C=S) groups is 1. The quantitative estimate of drug-likeness (QED) is 0.706. The van der Waals surface area contributed by atoms with Crippen molar-refractivity contribution >= 4 is 80.1 Å². The van der Waals surface area contributed by atoms with E-state index in [0.29, 0.717) is 46.9 Å². The van der Waals surface area contributed by atoms with Gasteiger partial charge in [0.15, 0.2) is 3.95 Å². The molecule has 1 saturated heterocycles. The Kier molecular flexibility index (Phi) is 6.06. The number of carbonyl (C=O) groups is 1. The van der Waals surface area contributed by atoms with Gasteiger partial charge in [-0.25, -0.2) is 0 Å². The average Bonchev–Trinajstić information content (AvgIpc) is 3.20. The van der Waals surface area contributed by atoms with Crippen LogP contribution in [0.4, 0.5) is 0 Å². The van der Waals surface area contributed by atoms with Crippen LogP contribution in [-0.2, 0) is 17.9 Å². The van der Waals surface area contributed by atoms with Gasteiger partial charge in [-0.05, 0) is 39.1 Å². The fraction of sp³-hybridized carbons (Fsp3) is 0.375. The molecule has 0 radical (unpaired) electrons. The number of amides is 1. The van der Waals surface area contributed by atoms with Crippen LogP contribution in [-0.4, -0.2) is 35.9 Å². The molecule has 1 N–H and O–H groups in total. The molecule has 0 aromatic carbocycles. The summed E-state index contributed by atoms with van der Waals surface area (Å²) < 4.78 is 5.28. The van der Waals surface area contributed by atoms with Gasteiger partial charge >= 0.3 is 0 Å². The van der Waals surface area contributed by atoms with Gasteiger partial charge in [0.05, 0.1) is 9.41 Å². The van der Waals surface area contributed by atoms with Crippen LogP contribution in [0.15, 0.2) is 4.79 Å². The van der Waals surface area contributed by atoms with Crippen molar-refractivity contribution in [2.75, 3.05) is 6.54 Å².